The number of urea groups is 1. The van der Waals surface area contributed by atoms with Gasteiger partial charge in [0.25, 0.3) is 0 Å². The molecule has 25 heavy (non-hydrogen) atoms. The second-order valence-corrected chi connectivity index (χ2v) is 6.11. The standard InChI is InChI=1S/C19H24N4O2/c1-25-18-7-5-17(6-8-18)23-12-9-15(10-13-23)22-19(24)21-14-16-4-2-3-11-20-16/h2-8,11,15H,9-10,12-14H2,1H3,(H2,21,22,24). The molecule has 132 valence electrons. The Labute approximate surface area is 148 Å². The van der Waals surface area contributed by atoms with Crippen LogP contribution in [0.3, 0.4) is 0 Å². The van der Waals surface area contributed by atoms with Crippen LogP contribution in [0.4, 0.5) is 10.5 Å². The van der Waals surface area contributed by atoms with Crippen LogP contribution >= 0.6 is 0 Å². The number of piperidine rings is 1. The zero-order valence-electron chi connectivity index (χ0n) is 14.4. The molecule has 0 saturated carbocycles. The summed E-state index contributed by atoms with van der Waals surface area (Å²) >= 11 is 0. The summed E-state index contributed by atoms with van der Waals surface area (Å²) in [6.07, 6.45) is 3.59. The third-order valence-electron chi connectivity index (χ3n) is 4.42. The van der Waals surface area contributed by atoms with Gasteiger partial charge in [-0.05, 0) is 49.2 Å². The molecular formula is C19H24N4O2. The summed E-state index contributed by atoms with van der Waals surface area (Å²) in [4.78, 5) is 18.6. The van der Waals surface area contributed by atoms with Gasteiger partial charge in [0.05, 0.1) is 19.3 Å². The second kappa shape index (κ2) is 8.37. The van der Waals surface area contributed by atoms with Crippen LogP contribution < -0.4 is 20.3 Å². The monoisotopic (exact) mass is 340 g/mol. The predicted octanol–water partition coefficient (Wildman–Crippen LogP) is 2.56. The Balaban J connectivity index is 1.41. The van der Waals surface area contributed by atoms with E-state index in [0.29, 0.717) is 6.54 Å². The molecule has 2 heterocycles. The first-order chi connectivity index (χ1) is 12.2. The number of nitrogens with zero attached hydrogens (tertiary/aromatic N) is 2. The van der Waals surface area contributed by atoms with Gasteiger partial charge in [0, 0.05) is 31.0 Å². The zero-order chi connectivity index (χ0) is 17.5. The number of amides is 2. The molecule has 0 unspecified atom stereocenters. The lowest BCUT2D eigenvalue weighted by molar-refractivity contribution is 0.234. The Morgan fingerprint density at radius 2 is 1.96 bits per heavy atom. The fraction of sp³-hybridized carbons (Fsp3) is 0.368. The Morgan fingerprint density at radius 3 is 2.60 bits per heavy atom. The molecule has 1 aliphatic heterocycles. The SMILES string of the molecule is COc1ccc(N2CCC(NC(=O)NCc3ccccn3)CC2)cc1. The zero-order valence-corrected chi connectivity index (χ0v) is 14.4. The lowest BCUT2D eigenvalue weighted by Crippen LogP contribution is -2.47. The number of hydrogen-bond donors (Lipinski definition) is 2. The van der Waals surface area contributed by atoms with E-state index < -0.39 is 0 Å². The summed E-state index contributed by atoms with van der Waals surface area (Å²) in [5.74, 6) is 0.866. The average Bonchev–Trinajstić information content (AvgIpc) is 2.68. The largest absolute Gasteiger partial charge is 0.497 e. The minimum absolute atomic E-state index is 0.131. The van der Waals surface area contributed by atoms with E-state index >= 15 is 0 Å². The molecule has 1 fully saturated rings. The number of rotatable bonds is 5. The maximum absolute atomic E-state index is 12.0. The van der Waals surface area contributed by atoms with Gasteiger partial charge in [0.1, 0.15) is 5.75 Å². The van der Waals surface area contributed by atoms with Gasteiger partial charge in [-0.1, -0.05) is 6.07 Å². The van der Waals surface area contributed by atoms with Crippen LogP contribution in [0.25, 0.3) is 0 Å². The van der Waals surface area contributed by atoms with Gasteiger partial charge in [0.15, 0.2) is 0 Å². The number of anilines is 1. The number of carbonyl (C=O) groups is 1. The molecule has 2 aromatic rings. The van der Waals surface area contributed by atoms with Crippen molar-refractivity contribution in [2.45, 2.75) is 25.4 Å². The summed E-state index contributed by atoms with van der Waals surface area (Å²) in [6, 6.07) is 13.9. The Kier molecular flexibility index (Phi) is 5.72. The molecule has 2 N–H and O–H groups in total. The van der Waals surface area contributed by atoms with Crippen LogP contribution in [-0.4, -0.2) is 37.3 Å². The van der Waals surface area contributed by atoms with E-state index in [4.69, 9.17) is 4.74 Å². The smallest absolute Gasteiger partial charge is 0.315 e. The van der Waals surface area contributed by atoms with Crippen molar-refractivity contribution >= 4 is 11.7 Å². The molecule has 3 rings (SSSR count). The number of ether oxygens (including phenoxy) is 1. The van der Waals surface area contributed by atoms with Crippen molar-refractivity contribution in [1.29, 1.82) is 0 Å². The first kappa shape index (κ1) is 17.1. The van der Waals surface area contributed by atoms with Crippen LogP contribution in [0.2, 0.25) is 0 Å². The van der Waals surface area contributed by atoms with Crippen LogP contribution in [0.15, 0.2) is 48.7 Å². The highest BCUT2D eigenvalue weighted by molar-refractivity contribution is 5.74. The maximum Gasteiger partial charge on any atom is 0.315 e. The highest BCUT2D eigenvalue weighted by Gasteiger charge is 2.20. The molecule has 6 nitrogen and oxygen atoms in total. The quantitative estimate of drug-likeness (QED) is 0.878. The molecule has 6 heteroatoms. The van der Waals surface area contributed by atoms with Gasteiger partial charge in [-0.2, -0.15) is 0 Å². The van der Waals surface area contributed by atoms with Crippen molar-refractivity contribution in [2.75, 3.05) is 25.1 Å². The van der Waals surface area contributed by atoms with Gasteiger partial charge in [0.2, 0.25) is 0 Å². The van der Waals surface area contributed by atoms with E-state index in [2.05, 4.69) is 32.7 Å². The van der Waals surface area contributed by atoms with Gasteiger partial charge in [-0.3, -0.25) is 4.98 Å². The molecule has 1 aromatic heterocycles. The van der Waals surface area contributed by atoms with Gasteiger partial charge in [-0.25, -0.2) is 4.79 Å². The minimum atomic E-state index is -0.131. The topological polar surface area (TPSA) is 66.5 Å². The van der Waals surface area contributed by atoms with E-state index in [0.717, 1.165) is 37.4 Å². The molecule has 0 bridgehead atoms. The van der Waals surface area contributed by atoms with Crippen molar-refractivity contribution in [3.8, 4) is 5.75 Å². The molecule has 0 atom stereocenters. The third-order valence-corrected chi connectivity index (χ3v) is 4.42. The first-order valence-electron chi connectivity index (χ1n) is 8.58. The summed E-state index contributed by atoms with van der Waals surface area (Å²) in [5.41, 5.74) is 2.05. The molecule has 2 amide bonds. The van der Waals surface area contributed by atoms with Crippen LogP contribution in [0.5, 0.6) is 5.75 Å². The fourth-order valence-corrected chi connectivity index (χ4v) is 2.99. The number of nitrogens with one attached hydrogen (secondary N) is 2. The van der Waals surface area contributed by atoms with E-state index in [1.54, 1.807) is 13.3 Å². The molecule has 0 aliphatic carbocycles. The number of aromatic nitrogens is 1. The molecule has 1 saturated heterocycles. The van der Waals surface area contributed by atoms with Crippen molar-refractivity contribution in [2.24, 2.45) is 0 Å². The highest BCUT2D eigenvalue weighted by Crippen LogP contribution is 2.22. The van der Waals surface area contributed by atoms with Crippen molar-refractivity contribution in [1.82, 2.24) is 15.6 Å². The Hall–Kier alpha value is -2.76. The number of carbonyl (C=O) groups excluding carboxylic acids is 1. The van der Waals surface area contributed by atoms with E-state index in [1.807, 2.05) is 30.3 Å². The van der Waals surface area contributed by atoms with Gasteiger partial charge < -0.3 is 20.3 Å². The normalized spacial score (nSPS) is 14.8. The number of benzene rings is 1. The minimum Gasteiger partial charge on any atom is -0.497 e. The van der Waals surface area contributed by atoms with E-state index in [-0.39, 0.29) is 12.1 Å². The van der Waals surface area contributed by atoms with Crippen LogP contribution in [0, 0.1) is 0 Å². The second-order valence-electron chi connectivity index (χ2n) is 6.11. The van der Waals surface area contributed by atoms with Crippen molar-refractivity contribution < 1.29 is 9.53 Å². The molecule has 0 spiro atoms. The summed E-state index contributed by atoms with van der Waals surface area (Å²) in [7, 11) is 1.67. The van der Waals surface area contributed by atoms with E-state index in [1.165, 1.54) is 5.69 Å². The first-order valence-corrected chi connectivity index (χ1v) is 8.58. The molecule has 0 radical (unpaired) electrons. The van der Waals surface area contributed by atoms with Crippen LogP contribution in [0.1, 0.15) is 18.5 Å². The highest BCUT2D eigenvalue weighted by atomic mass is 16.5. The average molecular weight is 340 g/mol. The molecule has 1 aliphatic rings. The fourth-order valence-electron chi connectivity index (χ4n) is 2.99. The number of methoxy groups -OCH3 is 1. The Bertz CT molecular complexity index is 668. The van der Waals surface area contributed by atoms with Crippen molar-refractivity contribution in [3.63, 3.8) is 0 Å². The van der Waals surface area contributed by atoms with Crippen LogP contribution in [-0.2, 0) is 6.54 Å². The number of pyridine rings is 1. The molecule has 1 aromatic carbocycles. The summed E-state index contributed by atoms with van der Waals surface area (Å²) in [6.45, 7) is 2.30. The maximum atomic E-state index is 12.0. The third kappa shape index (κ3) is 4.86. The van der Waals surface area contributed by atoms with E-state index in [9.17, 15) is 4.79 Å². The Morgan fingerprint density at radius 1 is 1.20 bits per heavy atom. The molecular weight excluding hydrogens is 316 g/mol. The number of hydrogen-bond acceptors (Lipinski definition) is 4. The summed E-state index contributed by atoms with van der Waals surface area (Å²) < 4.78 is 5.19. The summed E-state index contributed by atoms with van der Waals surface area (Å²) in [5, 5.41) is 5.92. The van der Waals surface area contributed by atoms with Crippen molar-refractivity contribution in [3.05, 3.63) is 54.4 Å². The lowest BCUT2D eigenvalue weighted by Gasteiger charge is -2.34. The predicted molar refractivity (Wildman–Crippen MR) is 97.8 cm³/mol. The van der Waals surface area contributed by atoms with Gasteiger partial charge in [-0.15, -0.1) is 0 Å². The van der Waals surface area contributed by atoms with Gasteiger partial charge >= 0.3 is 6.03 Å². The lowest BCUT2D eigenvalue weighted by atomic mass is 10.0.